The number of hydrogen-bond acceptors (Lipinski definition) is 5. The highest BCUT2D eigenvalue weighted by Gasteiger charge is 2.43. The predicted octanol–water partition coefficient (Wildman–Crippen LogP) is 12.6. The van der Waals surface area contributed by atoms with Crippen molar-refractivity contribution in [1.29, 1.82) is 0 Å². The molecule has 0 bridgehead atoms. The van der Waals surface area contributed by atoms with Crippen molar-refractivity contribution in [2.75, 3.05) is 4.90 Å². The number of benzene rings is 7. The minimum Gasteiger partial charge on any atom is -0.456 e. The van der Waals surface area contributed by atoms with E-state index in [0.29, 0.717) is 17.5 Å². The van der Waals surface area contributed by atoms with Gasteiger partial charge in [-0.1, -0.05) is 158 Å². The van der Waals surface area contributed by atoms with Gasteiger partial charge in [-0.2, -0.15) is 0 Å². The van der Waals surface area contributed by atoms with E-state index in [0.717, 1.165) is 50.1 Å². The molecule has 0 N–H and O–H groups in total. The molecule has 11 rings (SSSR count). The minimum absolute atomic E-state index is 0.129. The Kier molecular flexibility index (Phi) is 7.56. The molecule has 264 valence electrons. The molecule has 0 saturated heterocycles. The Bertz CT molecular complexity index is 2920. The number of rotatable bonds is 6. The van der Waals surface area contributed by atoms with Crippen LogP contribution in [0.4, 0.5) is 11.4 Å². The molecule has 0 amide bonds. The molecule has 0 fully saturated rings. The molecule has 1 aliphatic carbocycles. The average Bonchev–Trinajstić information content (AvgIpc) is 3.82. The van der Waals surface area contributed by atoms with Crippen LogP contribution in [0.1, 0.15) is 22.8 Å². The lowest BCUT2D eigenvalue weighted by Crippen LogP contribution is -2.30. The van der Waals surface area contributed by atoms with Crippen molar-refractivity contribution in [3.8, 4) is 56.4 Å². The smallest absolute Gasteiger partial charge is 0.164 e. The zero-order valence-corrected chi connectivity index (χ0v) is 30.3. The van der Waals surface area contributed by atoms with Crippen molar-refractivity contribution < 1.29 is 4.42 Å². The molecule has 0 radical (unpaired) electrons. The highest BCUT2D eigenvalue weighted by molar-refractivity contribution is 5.92. The van der Waals surface area contributed by atoms with Crippen LogP contribution in [0, 0.1) is 0 Å². The highest BCUT2D eigenvalue weighted by atomic mass is 16.3. The third kappa shape index (κ3) is 5.44. The molecule has 3 heterocycles. The van der Waals surface area contributed by atoms with E-state index >= 15 is 0 Å². The quantitative estimate of drug-likeness (QED) is 0.171. The maximum atomic E-state index is 6.69. The van der Waals surface area contributed by atoms with Gasteiger partial charge in [-0.3, -0.25) is 0 Å². The maximum absolute atomic E-state index is 6.69. The zero-order valence-electron chi connectivity index (χ0n) is 30.3. The van der Waals surface area contributed by atoms with Crippen LogP contribution in [0.5, 0.6) is 0 Å². The van der Waals surface area contributed by atoms with Gasteiger partial charge < -0.3 is 9.32 Å². The largest absolute Gasteiger partial charge is 0.456 e. The lowest BCUT2D eigenvalue weighted by atomic mass is 9.82. The van der Waals surface area contributed by atoms with Crippen LogP contribution in [0.2, 0.25) is 0 Å². The molecule has 1 aliphatic heterocycles. The second-order valence-corrected chi connectivity index (χ2v) is 14.4. The first-order valence-corrected chi connectivity index (χ1v) is 19.0. The van der Waals surface area contributed by atoms with Crippen LogP contribution in [-0.4, -0.2) is 21.0 Å². The molecule has 2 unspecified atom stereocenters. The molecule has 56 heavy (non-hydrogen) atoms. The Labute approximate surface area is 324 Å². The van der Waals surface area contributed by atoms with E-state index in [4.69, 9.17) is 19.4 Å². The van der Waals surface area contributed by atoms with Gasteiger partial charge in [0.25, 0.3) is 0 Å². The van der Waals surface area contributed by atoms with Crippen LogP contribution < -0.4 is 4.90 Å². The summed E-state index contributed by atoms with van der Waals surface area (Å²) in [5, 5.41) is 1.11. The molecule has 2 aliphatic rings. The summed E-state index contributed by atoms with van der Waals surface area (Å²) in [6.07, 6.45) is 4.44. The standard InChI is InChI=1S/C51H34N4O/c1-4-13-33(14-5-1)35-23-25-36(26-24-35)49-52-50(38-18-12-17-37(31-38)34-15-6-2-7-16-34)54-51(53-49)39-27-28-42-46(32-39)56-45-30-29-44-47(48(42)45)41-21-10-11-22-43(41)55(44)40-19-8-3-9-20-40/h1-32,44,47H. The molecule has 9 aromatic rings. The van der Waals surface area contributed by atoms with Crippen LogP contribution >= 0.6 is 0 Å². The highest BCUT2D eigenvalue weighted by Crippen LogP contribution is 2.53. The molecule has 0 saturated carbocycles. The van der Waals surface area contributed by atoms with Crippen molar-refractivity contribution in [3.63, 3.8) is 0 Å². The molecule has 5 heteroatoms. The minimum atomic E-state index is 0.129. The van der Waals surface area contributed by atoms with E-state index < -0.39 is 0 Å². The van der Waals surface area contributed by atoms with Crippen molar-refractivity contribution in [2.24, 2.45) is 0 Å². The molecule has 2 aromatic heterocycles. The number of anilines is 2. The van der Waals surface area contributed by atoms with Crippen LogP contribution in [0.3, 0.4) is 0 Å². The van der Waals surface area contributed by atoms with E-state index in [9.17, 15) is 0 Å². The van der Waals surface area contributed by atoms with Crippen LogP contribution in [0.15, 0.2) is 192 Å². The van der Waals surface area contributed by atoms with Gasteiger partial charge in [0.15, 0.2) is 17.5 Å². The van der Waals surface area contributed by atoms with Crippen molar-refractivity contribution in [1.82, 2.24) is 15.0 Å². The Morgan fingerprint density at radius 1 is 0.446 bits per heavy atom. The molecule has 5 nitrogen and oxygen atoms in total. The molecular formula is C51H34N4O. The van der Waals surface area contributed by atoms with Crippen LogP contribution in [-0.2, 0) is 0 Å². The SMILES string of the molecule is C1=CC2C(c3ccccc3N2c2ccccc2)c2c1oc1cc(-c3nc(-c4ccc(-c5ccccc5)cc4)nc(-c4cccc(-c5ccccc5)c4)n3)ccc21. The Morgan fingerprint density at radius 3 is 1.71 bits per heavy atom. The van der Waals surface area contributed by atoms with Gasteiger partial charge in [-0.05, 0) is 64.2 Å². The summed E-state index contributed by atoms with van der Waals surface area (Å²) < 4.78 is 6.69. The first kappa shape index (κ1) is 32.1. The van der Waals surface area contributed by atoms with Crippen molar-refractivity contribution >= 4 is 28.4 Å². The maximum Gasteiger partial charge on any atom is 0.164 e. The third-order valence-corrected chi connectivity index (χ3v) is 11.1. The fraction of sp³-hybridized carbons (Fsp3) is 0.0392. The fourth-order valence-electron chi connectivity index (χ4n) is 8.47. The Hall–Kier alpha value is -7.37. The predicted molar refractivity (Wildman–Crippen MR) is 226 cm³/mol. The summed E-state index contributed by atoms with van der Waals surface area (Å²) in [7, 11) is 0. The van der Waals surface area contributed by atoms with Crippen LogP contribution in [0.25, 0.3) is 73.5 Å². The molecule has 2 atom stereocenters. The first-order chi connectivity index (χ1) is 27.7. The number of hydrogen-bond donors (Lipinski definition) is 0. The van der Waals surface area contributed by atoms with E-state index in [1.807, 2.05) is 12.1 Å². The first-order valence-electron chi connectivity index (χ1n) is 19.0. The van der Waals surface area contributed by atoms with E-state index in [1.54, 1.807) is 0 Å². The number of para-hydroxylation sites is 2. The second-order valence-electron chi connectivity index (χ2n) is 14.4. The zero-order chi connectivity index (χ0) is 37.0. The fourth-order valence-corrected chi connectivity index (χ4v) is 8.47. The lowest BCUT2D eigenvalue weighted by Gasteiger charge is -2.30. The number of furan rings is 1. The van der Waals surface area contributed by atoms with Gasteiger partial charge in [-0.15, -0.1) is 0 Å². The number of nitrogens with zero attached hydrogens (tertiary/aromatic N) is 4. The lowest BCUT2D eigenvalue weighted by molar-refractivity contribution is 0.584. The Morgan fingerprint density at radius 2 is 0.982 bits per heavy atom. The van der Waals surface area contributed by atoms with Gasteiger partial charge in [0.2, 0.25) is 0 Å². The molecule has 0 spiro atoms. The second kappa shape index (κ2) is 13.2. The number of fused-ring (bicyclic) bond motifs is 7. The monoisotopic (exact) mass is 718 g/mol. The van der Waals surface area contributed by atoms with E-state index in [1.165, 1.54) is 28.1 Å². The van der Waals surface area contributed by atoms with Gasteiger partial charge in [0, 0.05) is 44.9 Å². The van der Waals surface area contributed by atoms with Crippen molar-refractivity contribution in [3.05, 3.63) is 205 Å². The van der Waals surface area contributed by atoms with E-state index in [2.05, 4.69) is 187 Å². The van der Waals surface area contributed by atoms with Gasteiger partial charge in [0.05, 0.1) is 6.04 Å². The average molecular weight is 719 g/mol. The summed E-state index contributed by atoms with van der Waals surface area (Å²) >= 11 is 0. The van der Waals surface area contributed by atoms with Gasteiger partial charge in [-0.25, -0.2) is 15.0 Å². The van der Waals surface area contributed by atoms with Crippen molar-refractivity contribution in [2.45, 2.75) is 12.0 Å². The van der Waals surface area contributed by atoms with Gasteiger partial charge >= 0.3 is 0 Å². The summed E-state index contributed by atoms with van der Waals surface area (Å²) in [5.74, 6) is 2.85. The summed E-state index contributed by atoms with van der Waals surface area (Å²) in [4.78, 5) is 17.8. The third-order valence-electron chi connectivity index (χ3n) is 11.1. The topological polar surface area (TPSA) is 55.1 Å². The summed E-state index contributed by atoms with van der Waals surface area (Å²) in [6, 6.07) is 63.6. The Balaban J connectivity index is 1.02. The normalized spacial score (nSPS) is 15.4. The summed E-state index contributed by atoms with van der Waals surface area (Å²) in [6.45, 7) is 0. The van der Waals surface area contributed by atoms with E-state index in [-0.39, 0.29) is 12.0 Å². The summed E-state index contributed by atoms with van der Waals surface area (Å²) in [5.41, 5.74) is 13.0. The van der Waals surface area contributed by atoms with Gasteiger partial charge in [0.1, 0.15) is 11.3 Å². The number of aromatic nitrogens is 3. The molecule has 7 aromatic carbocycles. The molecular weight excluding hydrogens is 685 g/mol.